The van der Waals surface area contributed by atoms with Gasteiger partial charge in [0.05, 0.1) is 27.1 Å². The normalized spacial score (nSPS) is 10.9. The highest BCUT2D eigenvalue weighted by molar-refractivity contribution is 6.08. The Balaban J connectivity index is 2.10. The first kappa shape index (κ1) is 19.6. The third-order valence-corrected chi connectivity index (χ3v) is 5.41. The molecule has 0 aliphatic carbocycles. The zero-order chi connectivity index (χ0) is 21.1. The highest BCUT2D eigenvalue weighted by Gasteiger charge is 2.20. The Labute approximate surface area is 175 Å². The smallest absolute Gasteiger partial charge is 0.310 e. The molecule has 30 heavy (non-hydrogen) atoms. The minimum atomic E-state index is -0.304. The topological polar surface area (TPSA) is 52.6 Å². The van der Waals surface area contributed by atoms with Crippen LogP contribution in [0.3, 0.4) is 0 Å². The summed E-state index contributed by atoms with van der Waals surface area (Å²) in [6, 6.07) is 24.1. The second kappa shape index (κ2) is 8.37. The summed E-state index contributed by atoms with van der Waals surface area (Å²) < 4.78 is 9.89. The second-order valence-corrected chi connectivity index (χ2v) is 7.15. The predicted molar refractivity (Wildman–Crippen MR) is 118 cm³/mol. The lowest BCUT2D eigenvalue weighted by Gasteiger charge is -2.19. The molecule has 4 aromatic rings. The molecule has 0 aliphatic heterocycles. The molecule has 150 valence electrons. The maximum Gasteiger partial charge on any atom is 0.310 e. The van der Waals surface area contributed by atoms with Crippen LogP contribution < -0.4 is 0 Å². The first-order valence-corrected chi connectivity index (χ1v) is 9.77. The van der Waals surface area contributed by atoms with Crippen molar-refractivity contribution in [1.82, 2.24) is 0 Å². The molecule has 0 spiro atoms. The van der Waals surface area contributed by atoms with Gasteiger partial charge in [0.1, 0.15) is 0 Å². The maximum atomic E-state index is 12.2. The van der Waals surface area contributed by atoms with E-state index in [1.54, 1.807) is 0 Å². The Kier molecular flexibility index (Phi) is 5.48. The lowest BCUT2D eigenvalue weighted by Crippen LogP contribution is -2.09. The Bertz CT molecular complexity index is 1160. The molecule has 0 atom stereocenters. The predicted octanol–water partition coefficient (Wildman–Crippen LogP) is 5.09. The van der Waals surface area contributed by atoms with E-state index in [4.69, 9.17) is 9.47 Å². The molecule has 0 radical (unpaired) electrons. The number of methoxy groups -OCH3 is 2. The second-order valence-electron chi connectivity index (χ2n) is 7.15. The van der Waals surface area contributed by atoms with Crippen molar-refractivity contribution in [2.45, 2.75) is 12.8 Å². The van der Waals surface area contributed by atoms with Crippen LogP contribution in [0.2, 0.25) is 0 Å². The van der Waals surface area contributed by atoms with Gasteiger partial charge in [-0.2, -0.15) is 0 Å². The first-order valence-electron chi connectivity index (χ1n) is 9.77. The van der Waals surface area contributed by atoms with Crippen molar-refractivity contribution in [1.29, 1.82) is 0 Å². The standard InChI is InChI=1S/C26H22O4/c1-29-23(27)15-19-13-11-17-7-3-5-9-21(17)25(19)26-20(16-24(28)30-2)14-12-18-8-4-6-10-22(18)26/h3-14H,15-16H2,1-2H3. The van der Waals surface area contributed by atoms with Gasteiger partial charge in [-0.05, 0) is 43.8 Å². The number of hydrogen-bond acceptors (Lipinski definition) is 4. The van der Waals surface area contributed by atoms with Gasteiger partial charge in [-0.3, -0.25) is 9.59 Å². The van der Waals surface area contributed by atoms with Crippen LogP contribution in [0.1, 0.15) is 11.1 Å². The molecule has 0 bridgehead atoms. The van der Waals surface area contributed by atoms with Gasteiger partial charge in [0.25, 0.3) is 0 Å². The van der Waals surface area contributed by atoms with Crippen LogP contribution in [0.4, 0.5) is 0 Å². The van der Waals surface area contributed by atoms with Crippen LogP contribution in [-0.4, -0.2) is 26.2 Å². The Morgan fingerprint density at radius 2 is 1.00 bits per heavy atom. The minimum absolute atomic E-state index is 0.150. The summed E-state index contributed by atoms with van der Waals surface area (Å²) in [6.07, 6.45) is 0.301. The first-order chi connectivity index (χ1) is 14.6. The van der Waals surface area contributed by atoms with Crippen molar-refractivity contribution in [2.24, 2.45) is 0 Å². The molecule has 4 rings (SSSR count). The Hall–Kier alpha value is -3.66. The minimum Gasteiger partial charge on any atom is -0.469 e. The molecule has 0 fully saturated rings. The molecular formula is C26H22O4. The average Bonchev–Trinajstić information content (AvgIpc) is 2.79. The zero-order valence-electron chi connectivity index (χ0n) is 17.0. The van der Waals surface area contributed by atoms with E-state index in [2.05, 4.69) is 12.1 Å². The number of ether oxygens (including phenoxy) is 2. The lowest BCUT2D eigenvalue weighted by atomic mass is 9.85. The fourth-order valence-corrected chi connectivity index (χ4v) is 3.97. The van der Waals surface area contributed by atoms with E-state index >= 15 is 0 Å². The van der Waals surface area contributed by atoms with Crippen molar-refractivity contribution < 1.29 is 19.1 Å². The summed E-state index contributed by atoms with van der Waals surface area (Å²) in [6.45, 7) is 0. The van der Waals surface area contributed by atoms with E-state index in [0.29, 0.717) is 0 Å². The van der Waals surface area contributed by atoms with Gasteiger partial charge < -0.3 is 9.47 Å². The number of hydrogen-bond donors (Lipinski definition) is 0. The summed E-state index contributed by atoms with van der Waals surface area (Å²) >= 11 is 0. The maximum absolute atomic E-state index is 12.2. The summed E-state index contributed by atoms with van der Waals surface area (Å²) in [5.74, 6) is -0.609. The van der Waals surface area contributed by atoms with E-state index in [0.717, 1.165) is 43.8 Å². The molecule has 0 N–H and O–H groups in total. The van der Waals surface area contributed by atoms with Gasteiger partial charge in [-0.15, -0.1) is 0 Å². The number of carbonyl (C=O) groups is 2. The van der Waals surface area contributed by atoms with Gasteiger partial charge in [0, 0.05) is 0 Å². The summed E-state index contributed by atoms with van der Waals surface area (Å²) in [5, 5.41) is 4.19. The van der Waals surface area contributed by atoms with Gasteiger partial charge >= 0.3 is 11.9 Å². The quantitative estimate of drug-likeness (QED) is 0.439. The third kappa shape index (κ3) is 3.64. The fraction of sp³-hybridized carbons (Fsp3) is 0.154. The molecule has 4 aromatic carbocycles. The molecule has 0 aromatic heterocycles. The van der Waals surface area contributed by atoms with Gasteiger partial charge in [0.2, 0.25) is 0 Å². The molecule has 0 saturated carbocycles. The van der Waals surface area contributed by atoms with Crippen molar-refractivity contribution in [3.05, 3.63) is 83.9 Å². The van der Waals surface area contributed by atoms with Crippen molar-refractivity contribution >= 4 is 33.5 Å². The number of benzene rings is 4. The number of fused-ring (bicyclic) bond motifs is 2. The molecule has 4 nitrogen and oxygen atoms in total. The lowest BCUT2D eigenvalue weighted by molar-refractivity contribution is -0.140. The Morgan fingerprint density at radius 1 is 0.600 bits per heavy atom. The highest BCUT2D eigenvalue weighted by Crippen LogP contribution is 2.39. The van der Waals surface area contributed by atoms with E-state index in [1.165, 1.54) is 14.2 Å². The van der Waals surface area contributed by atoms with Gasteiger partial charge in [0.15, 0.2) is 0 Å². The Morgan fingerprint density at radius 3 is 1.40 bits per heavy atom. The van der Waals surface area contributed by atoms with E-state index < -0.39 is 0 Å². The molecule has 0 heterocycles. The molecule has 0 saturated heterocycles. The number of rotatable bonds is 5. The van der Waals surface area contributed by atoms with Crippen LogP contribution in [0, 0.1) is 0 Å². The van der Waals surface area contributed by atoms with Crippen molar-refractivity contribution in [2.75, 3.05) is 14.2 Å². The van der Waals surface area contributed by atoms with Crippen LogP contribution in [0.5, 0.6) is 0 Å². The highest BCUT2D eigenvalue weighted by atomic mass is 16.5. The van der Waals surface area contributed by atoms with Crippen LogP contribution in [0.15, 0.2) is 72.8 Å². The van der Waals surface area contributed by atoms with E-state index in [1.807, 2.05) is 60.7 Å². The van der Waals surface area contributed by atoms with Crippen LogP contribution in [0.25, 0.3) is 32.7 Å². The summed E-state index contributed by atoms with van der Waals surface area (Å²) in [5.41, 5.74) is 3.63. The van der Waals surface area contributed by atoms with Gasteiger partial charge in [-0.1, -0.05) is 72.8 Å². The van der Waals surface area contributed by atoms with Crippen LogP contribution >= 0.6 is 0 Å². The number of esters is 2. The third-order valence-electron chi connectivity index (χ3n) is 5.41. The average molecular weight is 398 g/mol. The zero-order valence-corrected chi connectivity index (χ0v) is 17.0. The summed E-state index contributed by atoms with van der Waals surface area (Å²) in [7, 11) is 2.79. The van der Waals surface area contributed by atoms with E-state index in [-0.39, 0.29) is 24.8 Å². The molecule has 0 aliphatic rings. The van der Waals surface area contributed by atoms with E-state index in [9.17, 15) is 9.59 Å². The molecule has 0 unspecified atom stereocenters. The van der Waals surface area contributed by atoms with Crippen molar-refractivity contribution in [3.63, 3.8) is 0 Å². The van der Waals surface area contributed by atoms with Crippen molar-refractivity contribution in [3.8, 4) is 11.1 Å². The van der Waals surface area contributed by atoms with Crippen LogP contribution in [-0.2, 0) is 31.9 Å². The monoisotopic (exact) mass is 398 g/mol. The fourth-order valence-electron chi connectivity index (χ4n) is 3.97. The SMILES string of the molecule is COC(=O)Cc1ccc2ccccc2c1-c1c(CC(=O)OC)ccc2ccccc12. The van der Waals surface area contributed by atoms with Gasteiger partial charge in [-0.25, -0.2) is 0 Å². The molecule has 4 heteroatoms. The molecule has 0 amide bonds. The summed E-state index contributed by atoms with van der Waals surface area (Å²) in [4.78, 5) is 24.4. The largest absolute Gasteiger partial charge is 0.469 e. The number of carbonyl (C=O) groups excluding carboxylic acids is 2. The molecular weight excluding hydrogens is 376 g/mol.